The Kier molecular flexibility index (Phi) is 3.81. The smallest absolute Gasteiger partial charge is 0.306 e. The van der Waals surface area contributed by atoms with Crippen LogP contribution in [0, 0.1) is 17.8 Å². The van der Waals surface area contributed by atoms with Crippen molar-refractivity contribution in [2.75, 3.05) is 0 Å². The van der Waals surface area contributed by atoms with Crippen molar-refractivity contribution in [1.82, 2.24) is 9.38 Å². The van der Waals surface area contributed by atoms with Crippen LogP contribution >= 0.6 is 11.3 Å². The molecule has 0 saturated heterocycles. The molecule has 0 amide bonds. The molecule has 2 aliphatic carbocycles. The highest BCUT2D eigenvalue weighted by atomic mass is 32.1. The van der Waals surface area contributed by atoms with Crippen LogP contribution in [0.5, 0.6) is 0 Å². The first-order chi connectivity index (χ1) is 12.7. The van der Waals surface area contributed by atoms with Gasteiger partial charge in [0, 0.05) is 12.5 Å². The molecule has 2 heterocycles. The number of ether oxygens (including phenoxy) is 1. The summed E-state index contributed by atoms with van der Waals surface area (Å²) in [6, 6.07) is 9.21. The van der Waals surface area contributed by atoms with E-state index in [0.29, 0.717) is 28.9 Å². The first-order valence-electron chi connectivity index (χ1n) is 9.23. The van der Waals surface area contributed by atoms with Crippen molar-refractivity contribution in [2.24, 2.45) is 17.8 Å². The molecule has 2 saturated carbocycles. The number of thiazole rings is 1. The summed E-state index contributed by atoms with van der Waals surface area (Å²) >= 11 is 1.47. The van der Waals surface area contributed by atoms with Gasteiger partial charge >= 0.3 is 5.97 Å². The fourth-order valence-corrected chi connectivity index (χ4v) is 5.80. The van der Waals surface area contributed by atoms with E-state index in [2.05, 4.69) is 4.98 Å². The lowest BCUT2D eigenvalue weighted by molar-refractivity contribution is -0.146. The fourth-order valence-electron chi connectivity index (χ4n) is 4.75. The fraction of sp³-hybridized carbons (Fsp3) is 0.450. The molecule has 0 N–H and O–H groups in total. The summed E-state index contributed by atoms with van der Waals surface area (Å²) in [5, 5.41) is 0. The van der Waals surface area contributed by atoms with Gasteiger partial charge < -0.3 is 4.74 Å². The Morgan fingerprint density at radius 3 is 2.96 bits per heavy atom. The first kappa shape index (κ1) is 16.0. The van der Waals surface area contributed by atoms with Gasteiger partial charge in [-0.05, 0) is 49.1 Å². The molecular formula is C20H20N2O3S. The molecule has 0 spiro atoms. The maximum atomic E-state index is 12.5. The van der Waals surface area contributed by atoms with Crippen LogP contribution in [0.2, 0.25) is 0 Å². The van der Waals surface area contributed by atoms with Gasteiger partial charge in [-0.2, -0.15) is 0 Å². The number of carbonyl (C=O) groups excluding carboxylic acids is 1. The monoisotopic (exact) mass is 368 g/mol. The molecule has 2 aliphatic rings. The van der Waals surface area contributed by atoms with Gasteiger partial charge in [0.05, 0.1) is 15.9 Å². The van der Waals surface area contributed by atoms with Crippen LogP contribution < -0.4 is 5.56 Å². The zero-order valence-electron chi connectivity index (χ0n) is 14.4. The van der Waals surface area contributed by atoms with Crippen LogP contribution in [0.3, 0.4) is 0 Å². The normalized spacial score (nSPS) is 24.5. The number of nitrogens with zero attached hydrogens (tertiary/aromatic N) is 2. The molecule has 6 heteroatoms. The molecule has 2 aromatic heterocycles. The number of hydrogen-bond donors (Lipinski definition) is 0. The lowest BCUT2D eigenvalue weighted by Gasteiger charge is -2.20. The third-order valence-corrected chi connectivity index (χ3v) is 6.96. The topological polar surface area (TPSA) is 60.7 Å². The molecule has 3 aromatic rings. The Bertz CT molecular complexity index is 1050. The summed E-state index contributed by atoms with van der Waals surface area (Å²) in [6.45, 7) is 0.0691. The quantitative estimate of drug-likeness (QED) is 0.658. The highest BCUT2D eigenvalue weighted by Gasteiger charge is 2.40. The van der Waals surface area contributed by atoms with Crippen LogP contribution in [-0.2, 0) is 16.1 Å². The van der Waals surface area contributed by atoms with Gasteiger partial charge in [0.25, 0.3) is 5.56 Å². The van der Waals surface area contributed by atoms with Crippen LogP contribution in [0.1, 0.15) is 37.8 Å². The van der Waals surface area contributed by atoms with Crippen molar-refractivity contribution >= 4 is 32.5 Å². The number of benzene rings is 1. The van der Waals surface area contributed by atoms with Crippen LogP contribution in [0.25, 0.3) is 15.2 Å². The molecule has 5 nitrogen and oxygen atoms in total. The summed E-state index contributed by atoms with van der Waals surface area (Å²) in [5.41, 5.74) is 1.25. The maximum Gasteiger partial charge on any atom is 0.306 e. The van der Waals surface area contributed by atoms with Crippen LogP contribution in [0.4, 0.5) is 0 Å². The summed E-state index contributed by atoms with van der Waals surface area (Å²) in [4.78, 5) is 29.8. The summed E-state index contributed by atoms with van der Waals surface area (Å²) in [6.07, 6.45) is 5.57. The second-order valence-electron chi connectivity index (χ2n) is 7.57. The minimum absolute atomic E-state index is 0.0691. The van der Waals surface area contributed by atoms with Crippen molar-refractivity contribution in [1.29, 1.82) is 0 Å². The minimum Gasteiger partial charge on any atom is -0.459 e. The van der Waals surface area contributed by atoms with Gasteiger partial charge in [-0.3, -0.25) is 14.0 Å². The SMILES string of the molecule is O=C(CC1CC2CCC1C2)OCc1cc(=O)n2c(n1)sc1ccccc12. The third-order valence-electron chi connectivity index (χ3n) is 5.94. The van der Waals surface area contributed by atoms with Gasteiger partial charge in [0.2, 0.25) is 0 Å². The average molecular weight is 368 g/mol. The van der Waals surface area contributed by atoms with E-state index in [1.807, 2.05) is 24.3 Å². The van der Waals surface area contributed by atoms with E-state index in [1.54, 1.807) is 4.40 Å². The van der Waals surface area contributed by atoms with Crippen LogP contribution in [-0.4, -0.2) is 15.4 Å². The highest BCUT2D eigenvalue weighted by molar-refractivity contribution is 7.23. The molecule has 3 atom stereocenters. The standard InChI is InChI=1S/C20H20N2O3S/c23-18-10-15(21-20-22(18)16-3-1-2-4-17(16)26-20)11-25-19(24)9-14-8-12-5-6-13(14)7-12/h1-4,10,12-14H,5-9,11H2. The maximum absolute atomic E-state index is 12.5. The van der Waals surface area contributed by atoms with Gasteiger partial charge in [-0.1, -0.05) is 29.9 Å². The predicted molar refractivity (Wildman–Crippen MR) is 100 cm³/mol. The number of para-hydroxylation sites is 1. The Balaban J connectivity index is 1.31. The third kappa shape index (κ3) is 2.72. The summed E-state index contributed by atoms with van der Waals surface area (Å²) < 4.78 is 8.06. The number of hydrogen-bond acceptors (Lipinski definition) is 5. The molecule has 5 rings (SSSR count). The van der Waals surface area contributed by atoms with E-state index in [1.165, 1.54) is 43.1 Å². The second kappa shape index (κ2) is 6.20. The van der Waals surface area contributed by atoms with Crippen molar-refractivity contribution < 1.29 is 9.53 Å². The van der Waals surface area contributed by atoms with Crippen molar-refractivity contribution in [3.8, 4) is 0 Å². The minimum atomic E-state index is -0.166. The molecule has 3 unspecified atom stereocenters. The molecule has 2 bridgehead atoms. The largest absolute Gasteiger partial charge is 0.459 e. The number of esters is 1. The van der Waals surface area contributed by atoms with Gasteiger partial charge in [-0.25, -0.2) is 4.98 Å². The highest BCUT2D eigenvalue weighted by Crippen LogP contribution is 2.49. The van der Waals surface area contributed by atoms with Gasteiger partial charge in [0.1, 0.15) is 6.61 Å². The first-order valence-corrected chi connectivity index (χ1v) is 10.0. The van der Waals surface area contributed by atoms with E-state index in [9.17, 15) is 9.59 Å². The molecule has 134 valence electrons. The predicted octanol–water partition coefficient (Wildman–Crippen LogP) is 3.78. The zero-order valence-corrected chi connectivity index (χ0v) is 15.2. The van der Waals surface area contributed by atoms with E-state index in [-0.39, 0.29) is 18.1 Å². The molecule has 1 aromatic carbocycles. The summed E-state index contributed by atoms with van der Waals surface area (Å²) in [7, 11) is 0. The number of aromatic nitrogens is 2. The Morgan fingerprint density at radius 1 is 1.27 bits per heavy atom. The number of fused-ring (bicyclic) bond motifs is 5. The van der Waals surface area contributed by atoms with Gasteiger partial charge in [-0.15, -0.1) is 0 Å². The van der Waals surface area contributed by atoms with E-state index < -0.39 is 0 Å². The lowest BCUT2D eigenvalue weighted by Crippen LogP contribution is -2.18. The van der Waals surface area contributed by atoms with E-state index >= 15 is 0 Å². The Labute approximate surface area is 154 Å². The lowest BCUT2D eigenvalue weighted by atomic mass is 9.86. The Hall–Kier alpha value is -2.21. The average Bonchev–Trinajstić information content (AvgIpc) is 3.33. The molecule has 26 heavy (non-hydrogen) atoms. The van der Waals surface area contributed by atoms with E-state index in [0.717, 1.165) is 16.1 Å². The zero-order chi connectivity index (χ0) is 17.7. The molecular weight excluding hydrogens is 348 g/mol. The number of carbonyl (C=O) groups is 1. The second-order valence-corrected chi connectivity index (χ2v) is 8.58. The van der Waals surface area contributed by atoms with E-state index in [4.69, 9.17) is 4.74 Å². The van der Waals surface area contributed by atoms with Crippen LogP contribution in [0.15, 0.2) is 35.1 Å². The van der Waals surface area contributed by atoms with Crippen molar-refractivity contribution in [3.63, 3.8) is 0 Å². The molecule has 2 fully saturated rings. The van der Waals surface area contributed by atoms with Crippen molar-refractivity contribution in [2.45, 2.75) is 38.7 Å². The van der Waals surface area contributed by atoms with Crippen molar-refractivity contribution in [3.05, 3.63) is 46.4 Å². The summed E-state index contributed by atoms with van der Waals surface area (Å²) in [5.74, 6) is 1.87. The molecule has 0 aliphatic heterocycles. The number of rotatable bonds is 4. The van der Waals surface area contributed by atoms with Gasteiger partial charge in [0.15, 0.2) is 4.96 Å². The Morgan fingerprint density at radius 2 is 2.15 bits per heavy atom. The molecule has 0 radical (unpaired) electrons.